The number of aromatic nitrogens is 2. The van der Waals surface area contributed by atoms with E-state index in [1.165, 1.54) is 25.7 Å². The molecule has 0 aromatic carbocycles. The molecule has 0 fully saturated rings. The number of unbranched alkanes of at least 4 members (excludes halogenated alkanes) is 1. The molecule has 2 aromatic rings. The first-order valence-corrected chi connectivity index (χ1v) is 8.55. The molecule has 0 radical (unpaired) electrons. The Morgan fingerprint density at radius 1 is 1.23 bits per heavy atom. The van der Waals surface area contributed by atoms with Gasteiger partial charge < -0.3 is 14.6 Å². The van der Waals surface area contributed by atoms with E-state index in [4.69, 9.17) is 37.8 Å². The summed E-state index contributed by atoms with van der Waals surface area (Å²) in [5.74, 6) is 0.915. The Morgan fingerprint density at radius 3 is 2.58 bits per heavy atom. The van der Waals surface area contributed by atoms with Crippen molar-refractivity contribution < 1.29 is 14.6 Å². The second-order valence-electron chi connectivity index (χ2n) is 5.19. The van der Waals surface area contributed by atoms with E-state index in [2.05, 4.69) is 16.0 Å². The molecule has 0 atom stereocenters. The molecular formula is C18H17Cl2N3O3. The van der Waals surface area contributed by atoms with Crippen LogP contribution < -0.4 is 9.47 Å². The third-order valence-electron chi connectivity index (χ3n) is 3.44. The number of methoxy groups -OCH3 is 1. The molecule has 0 aliphatic heterocycles. The highest BCUT2D eigenvalue weighted by molar-refractivity contribution is 6.37. The van der Waals surface area contributed by atoms with Gasteiger partial charge in [0.15, 0.2) is 11.5 Å². The van der Waals surface area contributed by atoms with E-state index >= 15 is 0 Å². The number of nitriles is 1. The van der Waals surface area contributed by atoms with Crippen molar-refractivity contribution in [1.82, 2.24) is 9.97 Å². The highest BCUT2D eigenvalue weighted by Crippen LogP contribution is 2.31. The first-order valence-electron chi connectivity index (χ1n) is 7.79. The van der Waals surface area contributed by atoms with Gasteiger partial charge in [-0.2, -0.15) is 5.26 Å². The first-order chi connectivity index (χ1) is 12.6. The van der Waals surface area contributed by atoms with Gasteiger partial charge in [0.05, 0.1) is 41.2 Å². The summed E-state index contributed by atoms with van der Waals surface area (Å²) in [7, 11) is 1.51. The van der Waals surface area contributed by atoms with Crippen LogP contribution in [-0.4, -0.2) is 35.4 Å². The highest BCUT2D eigenvalue weighted by Gasteiger charge is 2.12. The zero-order chi connectivity index (χ0) is 18.9. The van der Waals surface area contributed by atoms with Gasteiger partial charge in [0, 0.05) is 30.6 Å². The second kappa shape index (κ2) is 9.97. The molecule has 1 N–H and O–H groups in total. The lowest BCUT2D eigenvalue weighted by Gasteiger charge is -2.11. The molecule has 2 aromatic heterocycles. The van der Waals surface area contributed by atoms with Crippen LogP contribution >= 0.6 is 23.2 Å². The molecule has 26 heavy (non-hydrogen) atoms. The summed E-state index contributed by atoms with van der Waals surface area (Å²) in [4.78, 5) is 8.13. The summed E-state index contributed by atoms with van der Waals surface area (Å²) in [6.07, 6.45) is 7.27. The number of aliphatic hydroxyl groups excluding tert-OH is 1. The van der Waals surface area contributed by atoms with Gasteiger partial charge in [-0.3, -0.25) is 9.97 Å². The van der Waals surface area contributed by atoms with Crippen LogP contribution in [0.5, 0.6) is 11.5 Å². The zero-order valence-electron chi connectivity index (χ0n) is 14.1. The second-order valence-corrected chi connectivity index (χ2v) is 6.00. The number of aliphatic hydroxyl groups is 1. The van der Waals surface area contributed by atoms with Crippen LogP contribution in [0.2, 0.25) is 10.0 Å². The minimum atomic E-state index is 0.108. The van der Waals surface area contributed by atoms with E-state index in [1.54, 1.807) is 12.1 Å². The number of rotatable bonds is 8. The Hall–Kier alpha value is -2.33. The van der Waals surface area contributed by atoms with Gasteiger partial charge in [0.25, 0.3) is 0 Å². The van der Waals surface area contributed by atoms with E-state index in [0.717, 1.165) is 0 Å². The van der Waals surface area contributed by atoms with Crippen molar-refractivity contribution in [1.29, 1.82) is 5.26 Å². The number of hydrogen-bond acceptors (Lipinski definition) is 6. The maximum absolute atomic E-state index is 9.53. The Bertz CT molecular complexity index is 815. The van der Waals surface area contributed by atoms with E-state index in [1.807, 2.05) is 0 Å². The largest absolute Gasteiger partial charge is 0.491 e. The fourth-order valence-corrected chi connectivity index (χ4v) is 2.57. The summed E-state index contributed by atoms with van der Waals surface area (Å²) < 4.78 is 10.9. The number of allylic oxidation sites excluding steroid dienone is 1. The lowest BCUT2D eigenvalue weighted by molar-refractivity contribution is 0.247. The number of pyridine rings is 2. The van der Waals surface area contributed by atoms with Gasteiger partial charge in [-0.05, 0) is 18.9 Å². The lowest BCUT2D eigenvalue weighted by Crippen LogP contribution is -2.02. The van der Waals surface area contributed by atoms with Gasteiger partial charge in [-0.15, -0.1) is 0 Å². The summed E-state index contributed by atoms with van der Waals surface area (Å²) >= 11 is 12.2. The molecule has 2 rings (SSSR count). The predicted molar refractivity (Wildman–Crippen MR) is 100 cm³/mol. The van der Waals surface area contributed by atoms with E-state index in [-0.39, 0.29) is 12.2 Å². The normalized spacial score (nSPS) is 11.1. The molecule has 2 heterocycles. The molecule has 0 saturated heterocycles. The minimum Gasteiger partial charge on any atom is -0.491 e. The van der Waals surface area contributed by atoms with Crippen molar-refractivity contribution >= 4 is 34.9 Å². The topological polar surface area (TPSA) is 88.3 Å². The molecule has 0 saturated carbocycles. The van der Waals surface area contributed by atoms with Crippen molar-refractivity contribution in [3.05, 3.63) is 46.0 Å². The summed E-state index contributed by atoms with van der Waals surface area (Å²) in [6.45, 7) is 0.519. The summed E-state index contributed by atoms with van der Waals surface area (Å²) in [5, 5.41) is 19.0. The summed E-state index contributed by atoms with van der Waals surface area (Å²) in [5.41, 5.74) is 1.15. The van der Waals surface area contributed by atoms with Gasteiger partial charge in [-0.25, -0.2) is 0 Å². The van der Waals surface area contributed by atoms with Crippen LogP contribution in [0.1, 0.15) is 24.1 Å². The quantitative estimate of drug-likeness (QED) is 0.538. The number of nitrogens with zero attached hydrogens (tertiary/aromatic N) is 3. The van der Waals surface area contributed by atoms with Crippen molar-refractivity contribution in [2.45, 2.75) is 12.8 Å². The zero-order valence-corrected chi connectivity index (χ0v) is 15.6. The molecule has 136 valence electrons. The molecular weight excluding hydrogens is 377 g/mol. The Morgan fingerprint density at radius 2 is 1.96 bits per heavy atom. The highest BCUT2D eigenvalue weighted by atomic mass is 35.5. The van der Waals surface area contributed by atoms with Crippen LogP contribution in [0.25, 0.3) is 11.6 Å². The monoisotopic (exact) mass is 393 g/mol. The predicted octanol–water partition coefficient (Wildman–Crippen LogP) is 4.01. The standard InChI is InChI=1S/C18H17Cl2N3O3/c1-25-18-11-23-16(7-17(18)26-5-3-2-4-24)12(8-21)6-13-14(19)9-22-10-15(13)20/h6-7,9-11,24H,2-5H2,1H3/b12-6+. The van der Waals surface area contributed by atoms with Crippen LogP contribution in [0.3, 0.4) is 0 Å². The third kappa shape index (κ3) is 5.09. The van der Waals surface area contributed by atoms with Crippen LogP contribution in [0.4, 0.5) is 0 Å². The Labute approximate surface area is 161 Å². The van der Waals surface area contributed by atoms with Gasteiger partial charge in [0.2, 0.25) is 0 Å². The third-order valence-corrected chi connectivity index (χ3v) is 4.04. The van der Waals surface area contributed by atoms with Gasteiger partial charge in [0.1, 0.15) is 6.07 Å². The number of ether oxygens (including phenoxy) is 2. The minimum absolute atomic E-state index is 0.108. The summed E-state index contributed by atoms with van der Waals surface area (Å²) in [6, 6.07) is 3.71. The Kier molecular flexibility index (Phi) is 7.67. The Balaban J connectivity index is 2.36. The molecule has 0 unspecified atom stereocenters. The van der Waals surface area contributed by atoms with Crippen LogP contribution in [0.15, 0.2) is 24.7 Å². The molecule has 0 aliphatic rings. The first kappa shape index (κ1) is 20.0. The van der Waals surface area contributed by atoms with Gasteiger partial charge in [-0.1, -0.05) is 23.2 Å². The van der Waals surface area contributed by atoms with Gasteiger partial charge >= 0.3 is 0 Å². The molecule has 6 nitrogen and oxygen atoms in total. The molecule has 0 amide bonds. The van der Waals surface area contributed by atoms with Crippen molar-refractivity contribution in [2.75, 3.05) is 20.3 Å². The molecule has 8 heteroatoms. The molecule has 0 spiro atoms. The maximum atomic E-state index is 9.53. The van der Waals surface area contributed by atoms with E-state index in [0.29, 0.717) is 52.3 Å². The fourth-order valence-electron chi connectivity index (χ4n) is 2.10. The van der Waals surface area contributed by atoms with Crippen molar-refractivity contribution in [3.63, 3.8) is 0 Å². The molecule has 0 aliphatic carbocycles. The fraction of sp³-hybridized carbons (Fsp3) is 0.278. The van der Waals surface area contributed by atoms with Crippen LogP contribution in [-0.2, 0) is 0 Å². The average Bonchev–Trinajstić information content (AvgIpc) is 2.65. The number of halogens is 2. The lowest BCUT2D eigenvalue weighted by atomic mass is 10.1. The van der Waals surface area contributed by atoms with E-state index in [9.17, 15) is 5.26 Å². The smallest absolute Gasteiger partial charge is 0.179 e. The van der Waals surface area contributed by atoms with Crippen molar-refractivity contribution in [3.8, 4) is 17.6 Å². The van der Waals surface area contributed by atoms with Crippen molar-refractivity contribution in [2.24, 2.45) is 0 Å². The SMILES string of the molecule is COc1cnc(/C(C#N)=C/c2c(Cl)cncc2Cl)cc1OCCCCO. The van der Waals surface area contributed by atoms with Crippen LogP contribution in [0, 0.1) is 11.3 Å². The number of hydrogen-bond donors (Lipinski definition) is 1. The molecule has 0 bridgehead atoms. The maximum Gasteiger partial charge on any atom is 0.179 e. The average molecular weight is 394 g/mol. The van der Waals surface area contributed by atoms with E-state index < -0.39 is 0 Å².